The van der Waals surface area contributed by atoms with Gasteiger partial charge in [-0.15, -0.1) is 11.3 Å². The van der Waals surface area contributed by atoms with Crippen LogP contribution in [-0.4, -0.2) is 32.1 Å². The number of rotatable bonds is 7. The third-order valence-electron chi connectivity index (χ3n) is 3.75. The molecule has 2 aromatic rings. The van der Waals surface area contributed by atoms with Crippen LogP contribution in [0.25, 0.3) is 0 Å². The first-order valence-corrected chi connectivity index (χ1v) is 9.26. The SMILES string of the molecule is CCOC(=O)c1ccc(CNC(=NC)NCC(C)c2cccs2)cc1. The van der Waals surface area contributed by atoms with E-state index in [2.05, 4.69) is 40.1 Å². The Morgan fingerprint density at radius 1 is 1.24 bits per heavy atom. The lowest BCUT2D eigenvalue weighted by atomic mass is 10.1. The highest BCUT2D eigenvalue weighted by Crippen LogP contribution is 2.19. The highest BCUT2D eigenvalue weighted by atomic mass is 32.1. The minimum Gasteiger partial charge on any atom is -0.462 e. The molecule has 2 rings (SSSR count). The second-order valence-corrected chi connectivity index (χ2v) is 6.62. The van der Waals surface area contributed by atoms with Gasteiger partial charge < -0.3 is 15.4 Å². The zero-order chi connectivity index (χ0) is 18.1. The van der Waals surface area contributed by atoms with Crippen molar-refractivity contribution in [2.45, 2.75) is 26.3 Å². The molecule has 0 aliphatic carbocycles. The number of hydrogen-bond acceptors (Lipinski definition) is 4. The average molecular weight is 359 g/mol. The summed E-state index contributed by atoms with van der Waals surface area (Å²) < 4.78 is 4.99. The molecule has 2 N–H and O–H groups in total. The van der Waals surface area contributed by atoms with Crippen molar-refractivity contribution in [1.82, 2.24) is 10.6 Å². The molecular formula is C19H25N3O2S. The minimum atomic E-state index is -0.290. The zero-order valence-electron chi connectivity index (χ0n) is 14.9. The van der Waals surface area contributed by atoms with Crippen molar-refractivity contribution >= 4 is 23.3 Å². The van der Waals surface area contributed by atoms with E-state index in [-0.39, 0.29) is 5.97 Å². The molecule has 1 atom stereocenters. The maximum Gasteiger partial charge on any atom is 0.338 e. The second-order valence-electron chi connectivity index (χ2n) is 5.64. The highest BCUT2D eigenvalue weighted by molar-refractivity contribution is 7.10. The molecule has 1 aromatic heterocycles. The van der Waals surface area contributed by atoms with E-state index in [0.29, 0.717) is 24.6 Å². The van der Waals surface area contributed by atoms with Gasteiger partial charge in [0, 0.05) is 30.9 Å². The Balaban J connectivity index is 1.81. The van der Waals surface area contributed by atoms with Gasteiger partial charge in [-0.1, -0.05) is 25.1 Å². The molecule has 0 bridgehead atoms. The molecular weight excluding hydrogens is 334 g/mol. The number of nitrogens with one attached hydrogen (secondary N) is 2. The van der Waals surface area contributed by atoms with E-state index in [1.54, 1.807) is 37.4 Å². The van der Waals surface area contributed by atoms with Crippen molar-refractivity contribution in [2.24, 2.45) is 4.99 Å². The summed E-state index contributed by atoms with van der Waals surface area (Å²) in [4.78, 5) is 17.3. The number of guanidine groups is 1. The summed E-state index contributed by atoms with van der Waals surface area (Å²) in [6.45, 7) is 5.83. The topological polar surface area (TPSA) is 62.7 Å². The molecule has 6 heteroatoms. The lowest BCUT2D eigenvalue weighted by molar-refractivity contribution is 0.0526. The number of carbonyl (C=O) groups is 1. The molecule has 0 spiro atoms. The van der Waals surface area contributed by atoms with Crippen LogP contribution in [0.1, 0.15) is 40.6 Å². The molecule has 1 unspecified atom stereocenters. The fraction of sp³-hybridized carbons (Fsp3) is 0.368. The van der Waals surface area contributed by atoms with Crippen LogP contribution in [0.5, 0.6) is 0 Å². The van der Waals surface area contributed by atoms with Gasteiger partial charge in [-0.05, 0) is 36.1 Å². The van der Waals surface area contributed by atoms with E-state index in [1.807, 2.05) is 12.1 Å². The van der Waals surface area contributed by atoms with Gasteiger partial charge in [-0.3, -0.25) is 4.99 Å². The van der Waals surface area contributed by atoms with Crippen LogP contribution < -0.4 is 10.6 Å². The van der Waals surface area contributed by atoms with Crippen LogP contribution in [0.2, 0.25) is 0 Å². The average Bonchev–Trinajstić information content (AvgIpc) is 3.17. The number of thiophene rings is 1. The third-order valence-corrected chi connectivity index (χ3v) is 4.86. The molecule has 25 heavy (non-hydrogen) atoms. The van der Waals surface area contributed by atoms with Gasteiger partial charge in [-0.2, -0.15) is 0 Å². The zero-order valence-corrected chi connectivity index (χ0v) is 15.7. The molecule has 0 fully saturated rings. The Morgan fingerprint density at radius 2 is 2.00 bits per heavy atom. The molecule has 0 radical (unpaired) electrons. The number of ether oxygens (including phenoxy) is 1. The number of benzene rings is 1. The monoisotopic (exact) mass is 359 g/mol. The fourth-order valence-electron chi connectivity index (χ4n) is 2.30. The second kappa shape index (κ2) is 9.84. The van der Waals surface area contributed by atoms with Crippen LogP contribution in [0.15, 0.2) is 46.8 Å². The van der Waals surface area contributed by atoms with E-state index in [4.69, 9.17) is 4.74 Å². The third kappa shape index (κ3) is 5.90. The Hall–Kier alpha value is -2.34. The molecule has 1 heterocycles. The van der Waals surface area contributed by atoms with Crippen molar-refractivity contribution in [3.05, 3.63) is 57.8 Å². The maximum absolute atomic E-state index is 11.6. The summed E-state index contributed by atoms with van der Waals surface area (Å²) in [5.41, 5.74) is 1.64. The van der Waals surface area contributed by atoms with Crippen LogP contribution in [0.4, 0.5) is 0 Å². The van der Waals surface area contributed by atoms with Gasteiger partial charge in [0.2, 0.25) is 0 Å². The van der Waals surface area contributed by atoms with Crippen LogP contribution in [0.3, 0.4) is 0 Å². The lowest BCUT2D eigenvalue weighted by Crippen LogP contribution is -2.38. The van der Waals surface area contributed by atoms with Crippen molar-refractivity contribution in [1.29, 1.82) is 0 Å². The Labute approximate surface area is 153 Å². The van der Waals surface area contributed by atoms with E-state index < -0.39 is 0 Å². The first-order valence-electron chi connectivity index (χ1n) is 8.38. The van der Waals surface area contributed by atoms with Gasteiger partial charge in [0.15, 0.2) is 5.96 Å². The predicted octanol–water partition coefficient (Wildman–Crippen LogP) is 3.39. The highest BCUT2D eigenvalue weighted by Gasteiger charge is 2.08. The van der Waals surface area contributed by atoms with Gasteiger partial charge in [0.25, 0.3) is 0 Å². The smallest absolute Gasteiger partial charge is 0.338 e. The van der Waals surface area contributed by atoms with Gasteiger partial charge >= 0.3 is 5.97 Å². The molecule has 0 saturated heterocycles. The van der Waals surface area contributed by atoms with Crippen molar-refractivity contribution in [3.8, 4) is 0 Å². The number of aliphatic imine (C=N–C) groups is 1. The standard InChI is InChI=1S/C19H25N3O2S/c1-4-24-18(23)16-9-7-15(8-10-16)13-22-19(20-3)21-12-14(2)17-6-5-11-25-17/h5-11,14H,4,12-13H2,1-3H3,(H2,20,21,22). The molecule has 5 nitrogen and oxygen atoms in total. The van der Waals surface area contributed by atoms with Crippen LogP contribution >= 0.6 is 11.3 Å². The van der Waals surface area contributed by atoms with Gasteiger partial charge in [0.05, 0.1) is 12.2 Å². The van der Waals surface area contributed by atoms with Crippen molar-refractivity contribution in [2.75, 3.05) is 20.2 Å². The van der Waals surface area contributed by atoms with Crippen LogP contribution in [-0.2, 0) is 11.3 Å². The quantitative estimate of drug-likeness (QED) is 0.452. The summed E-state index contributed by atoms with van der Waals surface area (Å²) in [5.74, 6) is 0.905. The Morgan fingerprint density at radius 3 is 2.60 bits per heavy atom. The first-order chi connectivity index (χ1) is 12.1. The van der Waals surface area contributed by atoms with E-state index >= 15 is 0 Å². The number of carbonyl (C=O) groups excluding carboxylic acids is 1. The number of hydrogen-bond donors (Lipinski definition) is 2. The lowest BCUT2D eigenvalue weighted by Gasteiger charge is -2.15. The maximum atomic E-state index is 11.6. The molecule has 0 aliphatic rings. The van der Waals surface area contributed by atoms with Crippen LogP contribution in [0, 0.1) is 0 Å². The van der Waals surface area contributed by atoms with E-state index in [9.17, 15) is 4.79 Å². The summed E-state index contributed by atoms with van der Waals surface area (Å²) in [6.07, 6.45) is 0. The molecule has 134 valence electrons. The molecule has 0 amide bonds. The summed E-state index contributed by atoms with van der Waals surface area (Å²) in [6, 6.07) is 11.6. The summed E-state index contributed by atoms with van der Waals surface area (Å²) >= 11 is 1.77. The van der Waals surface area contributed by atoms with Crippen molar-refractivity contribution < 1.29 is 9.53 Å². The molecule has 1 aromatic carbocycles. The Bertz CT molecular complexity index is 681. The van der Waals surface area contributed by atoms with Gasteiger partial charge in [0.1, 0.15) is 0 Å². The predicted molar refractivity (Wildman–Crippen MR) is 103 cm³/mol. The summed E-state index contributed by atoms with van der Waals surface area (Å²) in [5, 5.41) is 8.73. The molecule has 0 saturated carbocycles. The first kappa shape index (κ1) is 19.0. The fourth-order valence-corrected chi connectivity index (χ4v) is 3.09. The van der Waals surface area contributed by atoms with Gasteiger partial charge in [-0.25, -0.2) is 4.79 Å². The van der Waals surface area contributed by atoms with E-state index in [0.717, 1.165) is 18.1 Å². The normalized spacial score (nSPS) is 12.5. The largest absolute Gasteiger partial charge is 0.462 e. The minimum absolute atomic E-state index is 0.290. The number of nitrogens with zero attached hydrogens (tertiary/aromatic N) is 1. The molecule has 0 aliphatic heterocycles. The number of esters is 1. The summed E-state index contributed by atoms with van der Waals surface area (Å²) in [7, 11) is 1.76. The Kier molecular flexibility index (Phi) is 7.47. The van der Waals surface area contributed by atoms with E-state index in [1.165, 1.54) is 4.88 Å². The van der Waals surface area contributed by atoms with Crippen molar-refractivity contribution in [3.63, 3.8) is 0 Å².